The van der Waals surface area contributed by atoms with Crippen molar-refractivity contribution in [3.05, 3.63) is 91.9 Å². The van der Waals surface area contributed by atoms with Gasteiger partial charge in [0.05, 0.1) is 16.0 Å². The number of benzene rings is 3. The summed E-state index contributed by atoms with van der Waals surface area (Å²) in [5.41, 5.74) is 3.16. The minimum atomic E-state index is -1.03. The molecule has 1 aliphatic heterocycles. The predicted molar refractivity (Wildman–Crippen MR) is 214 cm³/mol. The van der Waals surface area contributed by atoms with Gasteiger partial charge in [0.25, 0.3) is 0 Å². The Labute approximate surface area is 338 Å². The number of nitrogens with zero attached hydrogens (tertiary/aromatic N) is 3. The van der Waals surface area contributed by atoms with Gasteiger partial charge in [0.15, 0.2) is 5.75 Å². The highest BCUT2D eigenvalue weighted by atomic mass is 35.5. The molecule has 0 aromatic heterocycles. The summed E-state index contributed by atoms with van der Waals surface area (Å²) in [4.78, 5) is 44.8. The van der Waals surface area contributed by atoms with E-state index in [0.717, 1.165) is 47.9 Å². The summed E-state index contributed by atoms with van der Waals surface area (Å²) in [6.45, 7) is 9.31. The molecule has 0 radical (unpaired) electrons. The van der Waals surface area contributed by atoms with Gasteiger partial charge in [0.1, 0.15) is 24.6 Å². The topological polar surface area (TPSA) is 109 Å². The van der Waals surface area contributed by atoms with Crippen LogP contribution >= 0.6 is 34.8 Å². The molecule has 6 rings (SSSR count). The van der Waals surface area contributed by atoms with Crippen molar-refractivity contribution in [2.75, 3.05) is 32.8 Å². The third-order valence-corrected chi connectivity index (χ3v) is 11.2. The minimum Gasteiger partial charge on any atom is -0.490 e. The van der Waals surface area contributed by atoms with Gasteiger partial charge in [0.2, 0.25) is 5.91 Å². The fourth-order valence-electron chi connectivity index (χ4n) is 7.17. The van der Waals surface area contributed by atoms with Crippen LogP contribution in [-0.4, -0.2) is 88.4 Å². The highest BCUT2D eigenvalue weighted by Gasteiger charge is 2.43. The van der Waals surface area contributed by atoms with Gasteiger partial charge in [0, 0.05) is 43.3 Å². The molecule has 0 bridgehead atoms. The second-order valence-electron chi connectivity index (χ2n) is 15.8. The van der Waals surface area contributed by atoms with E-state index in [2.05, 4.69) is 0 Å². The molecular formula is C42H50Cl3N3O7. The number of aryl methyl sites for hydroxylation is 1. The number of hydrogen-bond donors (Lipinski definition) is 1. The van der Waals surface area contributed by atoms with Crippen molar-refractivity contribution in [1.82, 2.24) is 14.7 Å². The summed E-state index contributed by atoms with van der Waals surface area (Å²) in [5, 5.41) is 11.4. The molecule has 0 unspecified atom stereocenters. The molecule has 3 aliphatic rings. The van der Waals surface area contributed by atoms with E-state index in [9.17, 15) is 19.5 Å². The van der Waals surface area contributed by atoms with Crippen LogP contribution in [0.1, 0.15) is 81.0 Å². The molecule has 1 N–H and O–H groups in total. The second-order valence-corrected chi connectivity index (χ2v) is 17.1. The fraction of sp³-hybridized carbons (Fsp3) is 0.500. The van der Waals surface area contributed by atoms with Crippen LogP contribution in [0, 0.1) is 12.8 Å². The van der Waals surface area contributed by atoms with Crippen molar-refractivity contribution in [1.29, 1.82) is 0 Å². The van der Waals surface area contributed by atoms with Crippen LogP contribution in [0.2, 0.25) is 15.1 Å². The van der Waals surface area contributed by atoms with Gasteiger partial charge in [-0.05, 0) is 125 Å². The highest BCUT2D eigenvalue weighted by molar-refractivity contribution is 6.37. The van der Waals surface area contributed by atoms with Crippen molar-refractivity contribution in [3.8, 4) is 11.5 Å². The summed E-state index contributed by atoms with van der Waals surface area (Å²) in [5.74, 6) is 0.227. The Bertz CT molecular complexity index is 1840. The molecule has 3 aromatic carbocycles. The molecule has 2 atom stereocenters. The van der Waals surface area contributed by atoms with E-state index in [4.69, 9.17) is 49.0 Å². The lowest BCUT2D eigenvalue weighted by atomic mass is 9.79. The Morgan fingerprint density at radius 3 is 2.09 bits per heavy atom. The maximum absolute atomic E-state index is 14.6. The first kappa shape index (κ1) is 40.8. The van der Waals surface area contributed by atoms with Gasteiger partial charge < -0.3 is 34.0 Å². The van der Waals surface area contributed by atoms with E-state index < -0.39 is 17.6 Å². The third-order valence-electron chi connectivity index (χ3n) is 10.2. The molecule has 3 fully saturated rings. The minimum absolute atomic E-state index is 0.0632. The summed E-state index contributed by atoms with van der Waals surface area (Å²) in [7, 11) is 0. The lowest BCUT2D eigenvalue weighted by Crippen LogP contribution is -2.49. The lowest BCUT2D eigenvalue weighted by Gasteiger charge is -2.39. The van der Waals surface area contributed by atoms with Crippen LogP contribution < -0.4 is 9.47 Å². The first-order valence-corrected chi connectivity index (χ1v) is 20.2. The van der Waals surface area contributed by atoms with Crippen LogP contribution in [0.15, 0.2) is 54.6 Å². The average molecular weight is 815 g/mol. The van der Waals surface area contributed by atoms with Gasteiger partial charge in [-0.1, -0.05) is 59.1 Å². The van der Waals surface area contributed by atoms with Gasteiger partial charge in [-0.3, -0.25) is 4.79 Å². The van der Waals surface area contributed by atoms with Gasteiger partial charge >= 0.3 is 12.2 Å². The van der Waals surface area contributed by atoms with E-state index in [1.54, 1.807) is 12.1 Å². The van der Waals surface area contributed by atoms with Crippen molar-refractivity contribution in [3.63, 3.8) is 0 Å². The number of piperidine rings is 1. The van der Waals surface area contributed by atoms with E-state index in [-0.39, 0.29) is 49.8 Å². The summed E-state index contributed by atoms with van der Waals surface area (Å²) in [6, 6.07) is 17.3. The molecule has 2 saturated carbocycles. The maximum Gasteiger partial charge on any atom is 0.410 e. The maximum atomic E-state index is 14.6. The van der Waals surface area contributed by atoms with Crippen LogP contribution in [0.3, 0.4) is 0 Å². The van der Waals surface area contributed by atoms with Crippen molar-refractivity contribution in [2.45, 2.75) is 96.4 Å². The predicted octanol–water partition coefficient (Wildman–Crippen LogP) is 9.63. The SMILES string of the molecule is Cc1cc(Cl)c(OCCOc2ccc([C@H]3CCN(C(=O)O)C[C@@H]3C(=O)N(Cc3cc(CCN(C(=O)OC(C)(C)C)C4CC4)ccc3Cl)C3CC3)cc2)c(Cl)c1. The molecule has 2 aliphatic carbocycles. The summed E-state index contributed by atoms with van der Waals surface area (Å²) in [6.07, 6.45) is 3.51. The fourth-order valence-corrected chi connectivity index (χ4v) is 8.05. The Kier molecular flexibility index (Phi) is 13.0. The molecule has 3 amide bonds. The number of carbonyl (C=O) groups excluding carboxylic acids is 2. The molecule has 13 heteroatoms. The number of carbonyl (C=O) groups is 3. The molecule has 55 heavy (non-hydrogen) atoms. The van der Waals surface area contributed by atoms with Crippen molar-refractivity contribution < 1.29 is 33.7 Å². The van der Waals surface area contributed by atoms with E-state index in [1.807, 2.05) is 80.0 Å². The molecule has 3 aromatic rings. The zero-order chi connectivity index (χ0) is 39.4. The smallest absolute Gasteiger partial charge is 0.410 e. The molecular weight excluding hydrogens is 765 g/mol. The number of hydrogen-bond acceptors (Lipinski definition) is 6. The first-order chi connectivity index (χ1) is 26.2. The van der Waals surface area contributed by atoms with E-state index >= 15 is 0 Å². The lowest BCUT2D eigenvalue weighted by molar-refractivity contribution is -0.139. The van der Waals surface area contributed by atoms with E-state index in [0.29, 0.717) is 59.0 Å². The molecule has 1 saturated heterocycles. The number of carboxylic acid groups (broad SMARTS) is 1. The number of likely N-dealkylation sites (tertiary alicyclic amines) is 1. The normalized spacial score (nSPS) is 18.4. The standard InChI is InChI=1S/C42H50Cl3N3O7/c1-26-21-36(44)38(37(45)22-26)54-20-19-53-32-12-6-28(7-13-32)33-16-17-46(40(50)51)25-34(33)39(49)48(31-10-11-31)24-29-23-27(5-14-35(29)43)15-18-47(30-8-9-30)41(52)55-42(2,3)4/h5-7,12-14,21-23,30-31,33-34H,8-11,15-20,24-25H2,1-4H3,(H,50,51)/t33-,34+/m1/s1. The zero-order valence-electron chi connectivity index (χ0n) is 31.9. The summed E-state index contributed by atoms with van der Waals surface area (Å²) >= 11 is 19.4. The van der Waals surface area contributed by atoms with Gasteiger partial charge in [-0.15, -0.1) is 0 Å². The molecule has 1 heterocycles. The van der Waals surface area contributed by atoms with Crippen molar-refractivity contribution >= 4 is 52.9 Å². The second kappa shape index (κ2) is 17.5. The molecule has 296 valence electrons. The third kappa shape index (κ3) is 10.9. The largest absolute Gasteiger partial charge is 0.490 e. The van der Waals surface area contributed by atoms with Crippen LogP contribution in [-0.2, 0) is 22.5 Å². The Balaban J connectivity index is 1.12. The highest BCUT2D eigenvalue weighted by Crippen LogP contribution is 2.39. The van der Waals surface area contributed by atoms with Gasteiger partial charge in [-0.2, -0.15) is 0 Å². The Morgan fingerprint density at radius 1 is 0.836 bits per heavy atom. The number of rotatable bonds is 14. The number of halogens is 3. The van der Waals surface area contributed by atoms with Crippen LogP contribution in [0.5, 0.6) is 11.5 Å². The quantitative estimate of drug-likeness (QED) is 0.162. The Hall–Kier alpha value is -3.86. The summed E-state index contributed by atoms with van der Waals surface area (Å²) < 4.78 is 17.4. The number of amides is 3. The zero-order valence-corrected chi connectivity index (χ0v) is 34.1. The first-order valence-electron chi connectivity index (χ1n) is 19.0. The van der Waals surface area contributed by atoms with Crippen LogP contribution in [0.4, 0.5) is 9.59 Å². The number of ether oxygens (including phenoxy) is 3. The van der Waals surface area contributed by atoms with Crippen molar-refractivity contribution in [2.24, 2.45) is 5.92 Å². The molecule has 10 nitrogen and oxygen atoms in total. The van der Waals surface area contributed by atoms with Crippen LogP contribution in [0.25, 0.3) is 0 Å². The molecule has 0 spiro atoms. The monoisotopic (exact) mass is 813 g/mol. The van der Waals surface area contributed by atoms with Gasteiger partial charge in [-0.25, -0.2) is 9.59 Å². The average Bonchev–Trinajstić information content (AvgIpc) is 4.06. The van der Waals surface area contributed by atoms with E-state index in [1.165, 1.54) is 4.90 Å². The Morgan fingerprint density at radius 2 is 1.47 bits per heavy atom.